The van der Waals surface area contributed by atoms with Gasteiger partial charge in [0.2, 0.25) is 0 Å². The number of nitrogens with zero attached hydrogens (tertiary/aromatic N) is 3. The van der Waals surface area contributed by atoms with Crippen molar-refractivity contribution in [3.05, 3.63) is 65.4 Å². The highest BCUT2D eigenvalue weighted by molar-refractivity contribution is 7.92. The average molecular weight is 491 g/mol. The summed E-state index contributed by atoms with van der Waals surface area (Å²) in [6.45, 7) is 1.17. The van der Waals surface area contributed by atoms with Crippen molar-refractivity contribution in [3.8, 4) is 5.75 Å². The van der Waals surface area contributed by atoms with Crippen LogP contribution in [-0.4, -0.2) is 53.2 Å². The Morgan fingerprint density at radius 2 is 2.09 bits per heavy atom. The molecule has 4 N–H and O–H groups in total. The van der Waals surface area contributed by atoms with Gasteiger partial charge in [-0.25, -0.2) is 0 Å². The number of halogens is 1. The molecule has 2 aromatic heterocycles. The number of aliphatic hydroxyl groups is 1. The Morgan fingerprint density at radius 1 is 1.24 bits per heavy atom. The number of rotatable bonds is 10. The second-order valence-corrected chi connectivity index (χ2v) is 9.32. The molecule has 12 heteroatoms. The van der Waals surface area contributed by atoms with Gasteiger partial charge < -0.3 is 15.2 Å². The lowest BCUT2D eigenvalue weighted by atomic mass is 10.1. The van der Waals surface area contributed by atoms with Crippen LogP contribution in [0.5, 0.6) is 5.75 Å². The third kappa shape index (κ3) is 5.45. The fraction of sp³-hybridized carbons (Fsp3) is 0.238. The van der Waals surface area contributed by atoms with Gasteiger partial charge in [0.05, 0.1) is 17.8 Å². The summed E-state index contributed by atoms with van der Waals surface area (Å²) in [6, 6.07) is 13.5. The molecule has 4 aromatic rings. The summed E-state index contributed by atoms with van der Waals surface area (Å²) >= 11 is 5.99. The molecule has 1 atom stereocenters. The summed E-state index contributed by atoms with van der Waals surface area (Å²) in [6.07, 6.45) is 0.587. The Labute approximate surface area is 195 Å². The highest BCUT2D eigenvalue weighted by Crippen LogP contribution is 2.24. The van der Waals surface area contributed by atoms with Crippen LogP contribution >= 0.6 is 11.6 Å². The third-order valence-electron chi connectivity index (χ3n) is 4.94. The van der Waals surface area contributed by atoms with Gasteiger partial charge >= 0.3 is 0 Å². The molecule has 0 bridgehead atoms. The first-order valence-corrected chi connectivity index (χ1v) is 12.0. The van der Waals surface area contributed by atoms with Crippen LogP contribution in [-0.2, 0) is 17.1 Å². The largest absolute Gasteiger partial charge is 0.492 e. The van der Waals surface area contributed by atoms with Crippen LogP contribution in [0.2, 0.25) is 5.15 Å². The SMILES string of the molecule is Cn1nccc1S(=O)(=O)Nc1cccc(C(O)CNCCOc2ccc3c(Cl)[nH]nc3c2)c1. The average Bonchev–Trinajstić information content (AvgIpc) is 3.39. The number of hydrogen-bond donors (Lipinski definition) is 4. The van der Waals surface area contributed by atoms with Gasteiger partial charge in [0.15, 0.2) is 5.03 Å². The monoisotopic (exact) mass is 490 g/mol. The molecule has 2 heterocycles. The number of sulfonamides is 1. The van der Waals surface area contributed by atoms with Gasteiger partial charge in [0.25, 0.3) is 10.0 Å². The minimum Gasteiger partial charge on any atom is -0.492 e. The van der Waals surface area contributed by atoms with Crippen LogP contribution in [0, 0.1) is 0 Å². The van der Waals surface area contributed by atoms with E-state index < -0.39 is 16.1 Å². The summed E-state index contributed by atoms with van der Waals surface area (Å²) in [5.74, 6) is 0.668. The lowest BCUT2D eigenvalue weighted by Crippen LogP contribution is -2.26. The van der Waals surface area contributed by atoms with Crippen molar-refractivity contribution in [2.75, 3.05) is 24.4 Å². The van der Waals surface area contributed by atoms with Crippen molar-refractivity contribution in [1.82, 2.24) is 25.3 Å². The summed E-state index contributed by atoms with van der Waals surface area (Å²) in [5, 5.41) is 25.7. The predicted octanol–water partition coefficient (Wildman–Crippen LogP) is 2.45. The van der Waals surface area contributed by atoms with E-state index in [1.807, 2.05) is 12.1 Å². The molecule has 0 aliphatic carbocycles. The van der Waals surface area contributed by atoms with Crippen molar-refractivity contribution in [2.45, 2.75) is 11.1 Å². The van der Waals surface area contributed by atoms with Crippen LogP contribution < -0.4 is 14.8 Å². The summed E-state index contributed by atoms with van der Waals surface area (Å²) < 4.78 is 34.5. The standard InChI is InChI=1S/C21H23ClN6O4S/c1-28-20(7-8-24-28)33(30,31)27-15-4-2-3-14(11-15)19(29)13-23-9-10-32-16-5-6-17-18(12-16)25-26-21(17)22/h2-8,11-12,19,23,27,29H,9-10,13H2,1H3,(H,25,26). The van der Waals surface area contributed by atoms with Crippen LogP contribution in [0.3, 0.4) is 0 Å². The molecule has 0 saturated carbocycles. The van der Waals surface area contributed by atoms with Crippen molar-refractivity contribution in [1.29, 1.82) is 0 Å². The number of aryl methyl sites for hydroxylation is 1. The van der Waals surface area contributed by atoms with Gasteiger partial charge in [-0.3, -0.25) is 14.5 Å². The van der Waals surface area contributed by atoms with E-state index in [9.17, 15) is 13.5 Å². The van der Waals surface area contributed by atoms with Gasteiger partial charge in [0, 0.05) is 37.3 Å². The molecule has 0 aliphatic heterocycles. The molecule has 0 spiro atoms. The zero-order valence-electron chi connectivity index (χ0n) is 17.7. The first-order chi connectivity index (χ1) is 15.8. The summed E-state index contributed by atoms with van der Waals surface area (Å²) in [7, 11) is -2.23. The number of nitrogens with one attached hydrogen (secondary N) is 3. The number of H-pyrrole nitrogens is 1. The Bertz CT molecular complexity index is 1350. The van der Waals surface area contributed by atoms with Crippen LogP contribution in [0.4, 0.5) is 5.69 Å². The maximum atomic E-state index is 12.5. The number of aliphatic hydroxyl groups excluding tert-OH is 1. The summed E-state index contributed by atoms with van der Waals surface area (Å²) in [4.78, 5) is 0. The topological polar surface area (TPSA) is 134 Å². The molecule has 4 rings (SSSR count). The fourth-order valence-electron chi connectivity index (χ4n) is 3.29. The minimum absolute atomic E-state index is 0.0460. The molecule has 2 aromatic carbocycles. The zero-order valence-corrected chi connectivity index (χ0v) is 19.3. The second kappa shape index (κ2) is 9.79. The van der Waals surface area contributed by atoms with E-state index in [-0.39, 0.29) is 11.6 Å². The number of aromatic amines is 1. The van der Waals surface area contributed by atoms with Crippen molar-refractivity contribution >= 4 is 38.2 Å². The van der Waals surface area contributed by atoms with E-state index in [0.717, 1.165) is 10.9 Å². The first kappa shape index (κ1) is 23.1. The lowest BCUT2D eigenvalue weighted by molar-refractivity contribution is 0.172. The zero-order chi connectivity index (χ0) is 23.4. The van der Waals surface area contributed by atoms with Crippen LogP contribution in [0.15, 0.2) is 59.8 Å². The number of ether oxygens (including phenoxy) is 1. The highest BCUT2D eigenvalue weighted by atomic mass is 35.5. The lowest BCUT2D eigenvalue weighted by Gasteiger charge is -2.15. The molecular weight excluding hydrogens is 468 g/mol. The smallest absolute Gasteiger partial charge is 0.279 e. The molecule has 0 amide bonds. The fourth-order valence-corrected chi connectivity index (χ4v) is 4.67. The van der Waals surface area contributed by atoms with E-state index in [2.05, 4.69) is 25.3 Å². The molecule has 33 heavy (non-hydrogen) atoms. The molecule has 0 saturated heterocycles. The van der Waals surface area contributed by atoms with Gasteiger partial charge in [-0.05, 0) is 35.9 Å². The number of hydrogen-bond acceptors (Lipinski definition) is 7. The molecule has 0 fully saturated rings. The summed E-state index contributed by atoms with van der Waals surface area (Å²) in [5.41, 5.74) is 1.65. The van der Waals surface area contributed by atoms with Crippen LogP contribution in [0.1, 0.15) is 11.7 Å². The first-order valence-electron chi connectivity index (χ1n) is 10.1. The Kier molecular flexibility index (Phi) is 6.84. The molecule has 0 radical (unpaired) electrons. The number of anilines is 1. The van der Waals surface area contributed by atoms with E-state index in [1.165, 1.54) is 16.9 Å². The number of aromatic nitrogens is 4. The molecule has 1 unspecified atom stereocenters. The van der Waals surface area contributed by atoms with E-state index in [0.29, 0.717) is 35.3 Å². The Balaban J connectivity index is 1.27. The number of benzene rings is 2. The molecular formula is C21H23ClN6O4S. The maximum absolute atomic E-state index is 12.5. The van der Waals surface area contributed by atoms with Crippen molar-refractivity contribution in [2.24, 2.45) is 7.05 Å². The molecule has 0 aliphatic rings. The van der Waals surface area contributed by atoms with Crippen molar-refractivity contribution < 1.29 is 18.3 Å². The van der Waals surface area contributed by atoms with Gasteiger partial charge in [0.1, 0.15) is 17.5 Å². The molecule has 174 valence electrons. The normalized spacial score (nSPS) is 12.7. The molecule has 10 nitrogen and oxygen atoms in total. The number of fused-ring (bicyclic) bond motifs is 1. The van der Waals surface area contributed by atoms with E-state index in [1.54, 1.807) is 37.4 Å². The highest BCUT2D eigenvalue weighted by Gasteiger charge is 2.18. The quantitative estimate of drug-likeness (QED) is 0.251. The maximum Gasteiger partial charge on any atom is 0.279 e. The van der Waals surface area contributed by atoms with Gasteiger partial charge in [-0.1, -0.05) is 23.7 Å². The van der Waals surface area contributed by atoms with E-state index in [4.69, 9.17) is 16.3 Å². The third-order valence-corrected chi connectivity index (χ3v) is 6.68. The van der Waals surface area contributed by atoms with Gasteiger partial charge in [-0.2, -0.15) is 18.6 Å². The predicted molar refractivity (Wildman–Crippen MR) is 125 cm³/mol. The minimum atomic E-state index is -3.78. The van der Waals surface area contributed by atoms with Crippen molar-refractivity contribution in [3.63, 3.8) is 0 Å². The van der Waals surface area contributed by atoms with Gasteiger partial charge in [-0.15, -0.1) is 0 Å². The van der Waals surface area contributed by atoms with Crippen LogP contribution in [0.25, 0.3) is 10.9 Å². The Morgan fingerprint density at radius 3 is 2.88 bits per heavy atom. The Hall–Kier alpha value is -3.12. The second-order valence-electron chi connectivity index (χ2n) is 7.31. The van der Waals surface area contributed by atoms with E-state index >= 15 is 0 Å².